The van der Waals surface area contributed by atoms with Gasteiger partial charge in [-0.05, 0) is 11.5 Å². The van der Waals surface area contributed by atoms with Crippen molar-refractivity contribution in [2.24, 2.45) is 5.73 Å². The third-order valence-electron chi connectivity index (χ3n) is 2.70. The number of hydrogen-bond donors (Lipinski definition) is 2. The molecule has 1 unspecified atom stereocenters. The number of nitrogens with one attached hydrogen (secondary N) is 1. The molecule has 0 saturated carbocycles. The van der Waals surface area contributed by atoms with Crippen LogP contribution in [0.25, 0.3) is 0 Å². The van der Waals surface area contributed by atoms with Crippen molar-refractivity contribution in [3.63, 3.8) is 0 Å². The molecule has 5 heteroatoms. The SMILES string of the molecule is CC(CC(=O)NCC(F)(F)CN)c1ccccc1. The molecule has 1 rings (SSSR count). The van der Waals surface area contributed by atoms with Crippen LogP contribution in [0.4, 0.5) is 8.78 Å². The number of nitrogens with two attached hydrogens (primary N) is 1. The fourth-order valence-corrected chi connectivity index (χ4v) is 1.55. The van der Waals surface area contributed by atoms with Crippen LogP contribution in [0.1, 0.15) is 24.8 Å². The fourth-order valence-electron chi connectivity index (χ4n) is 1.55. The first-order valence-electron chi connectivity index (χ1n) is 5.84. The van der Waals surface area contributed by atoms with Gasteiger partial charge in [-0.15, -0.1) is 0 Å². The first-order chi connectivity index (χ1) is 8.44. The molecule has 0 bridgehead atoms. The summed E-state index contributed by atoms with van der Waals surface area (Å²) in [6, 6.07) is 9.47. The summed E-state index contributed by atoms with van der Waals surface area (Å²) in [5, 5.41) is 2.21. The number of amides is 1. The number of hydrogen-bond acceptors (Lipinski definition) is 2. The maximum Gasteiger partial charge on any atom is 0.277 e. The van der Waals surface area contributed by atoms with E-state index in [1.54, 1.807) is 0 Å². The van der Waals surface area contributed by atoms with E-state index in [1.165, 1.54) is 0 Å². The summed E-state index contributed by atoms with van der Waals surface area (Å²) in [4.78, 5) is 11.5. The zero-order valence-electron chi connectivity index (χ0n) is 10.3. The first-order valence-corrected chi connectivity index (χ1v) is 5.84. The Hall–Kier alpha value is -1.49. The quantitative estimate of drug-likeness (QED) is 0.816. The number of rotatable bonds is 6. The van der Waals surface area contributed by atoms with Crippen LogP contribution in [-0.4, -0.2) is 24.9 Å². The second-order valence-corrected chi connectivity index (χ2v) is 4.35. The fraction of sp³-hybridized carbons (Fsp3) is 0.462. The van der Waals surface area contributed by atoms with Crippen molar-refractivity contribution in [1.82, 2.24) is 5.32 Å². The van der Waals surface area contributed by atoms with E-state index in [0.29, 0.717) is 0 Å². The lowest BCUT2D eigenvalue weighted by atomic mass is 9.97. The summed E-state index contributed by atoms with van der Waals surface area (Å²) in [6.45, 7) is 0.418. The Morgan fingerprint density at radius 2 is 2.00 bits per heavy atom. The summed E-state index contributed by atoms with van der Waals surface area (Å²) in [7, 11) is 0. The van der Waals surface area contributed by atoms with E-state index in [2.05, 4.69) is 5.32 Å². The van der Waals surface area contributed by atoms with Crippen molar-refractivity contribution < 1.29 is 13.6 Å². The highest BCUT2D eigenvalue weighted by molar-refractivity contribution is 5.76. The van der Waals surface area contributed by atoms with Gasteiger partial charge in [-0.25, -0.2) is 8.78 Å². The molecule has 18 heavy (non-hydrogen) atoms. The molecule has 1 aromatic carbocycles. The number of halogens is 2. The van der Waals surface area contributed by atoms with Gasteiger partial charge in [0.1, 0.15) is 0 Å². The van der Waals surface area contributed by atoms with Gasteiger partial charge in [0.15, 0.2) is 0 Å². The van der Waals surface area contributed by atoms with Gasteiger partial charge in [0.25, 0.3) is 5.92 Å². The number of carbonyl (C=O) groups is 1. The van der Waals surface area contributed by atoms with Gasteiger partial charge >= 0.3 is 0 Å². The van der Waals surface area contributed by atoms with Gasteiger partial charge in [-0.3, -0.25) is 4.79 Å². The molecule has 100 valence electrons. The van der Waals surface area contributed by atoms with Crippen LogP contribution in [0.3, 0.4) is 0 Å². The summed E-state index contributed by atoms with van der Waals surface area (Å²) in [6.07, 6.45) is 0.185. The molecule has 0 heterocycles. The molecule has 0 spiro atoms. The molecule has 3 nitrogen and oxygen atoms in total. The minimum Gasteiger partial charge on any atom is -0.350 e. The van der Waals surface area contributed by atoms with Gasteiger partial charge in [0.2, 0.25) is 5.91 Å². The number of carbonyl (C=O) groups excluding carboxylic acids is 1. The highest BCUT2D eigenvalue weighted by Gasteiger charge is 2.27. The number of alkyl halides is 2. The molecule has 0 aliphatic heterocycles. The summed E-state index contributed by atoms with van der Waals surface area (Å²) in [5.74, 6) is -3.43. The molecular weight excluding hydrogens is 238 g/mol. The molecule has 0 aliphatic carbocycles. The van der Waals surface area contributed by atoms with Gasteiger partial charge in [0.05, 0.1) is 13.1 Å². The average molecular weight is 256 g/mol. The minimum absolute atomic E-state index is 0.00213. The second kappa shape index (κ2) is 6.44. The largest absolute Gasteiger partial charge is 0.350 e. The van der Waals surface area contributed by atoms with E-state index >= 15 is 0 Å². The Morgan fingerprint density at radius 1 is 1.39 bits per heavy atom. The van der Waals surface area contributed by atoms with E-state index < -0.39 is 19.0 Å². The zero-order valence-corrected chi connectivity index (χ0v) is 10.3. The molecule has 3 N–H and O–H groups in total. The highest BCUT2D eigenvalue weighted by Crippen LogP contribution is 2.18. The van der Waals surface area contributed by atoms with E-state index in [1.807, 2.05) is 37.3 Å². The Balaban J connectivity index is 2.41. The van der Waals surface area contributed by atoms with Crippen LogP contribution in [0, 0.1) is 0 Å². The monoisotopic (exact) mass is 256 g/mol. The smallest absolute Gasteiger partial charge is 0.277 e. The van der Waals surface area contributed by atoms with E-state index in [4.69, 9.17) is 5.73 Å². The van der Waals surface area contributed by atoms with Crippen LogP contribution in [-0.2, 0) is 4.79 Å². The van der Waals surface area contributed by atoms with Gasteiger partial charge < -0.3 is 11.1 Å². The van der Waals surface area contributed by atoms with Gasteiger partial charge in [-0.2, -0.15) is 0 Å². The minimum atomic E-state index is -3.04. The lowest BCUT2D eigenvalue weighted by Crippen LogP contribution is -2.41. The molecule has 0 aromatic heterocycles. The molecule has 0 aliphatic rings. The predicted molar refractivity (Wildman–Crippen MR) is 66.5 cm³/mol. The van der Waals surface area contributed by atoms with Crippen LogP contribution in [0.5, 0.6) is 0 Å². The normalized spacial score (nSPS) is 13.1. The van der Waals surface area contributed by atoms with Crippen LogP contribution >= 0.6 is 0 Å². The van der Waals surface area contributed by atoms with Crippen molar-refractivity contribution in [3.05, 3.63) is 35.9 Å². The molecule has 0 radical (unpaired) electrons. The Kier molecular flexibility index (Phi) is 5.22. The van der Waals surface area contributed by atoms with Crippen LogP contribution in [0.2, 0.25) is 0 Å². The standard InChI is InChI=1S/C13H18F2N2O/c1-10(11-5-3-2-4-6-11)7-12(18)17-9-13(14,15)8-16/h2-6,10H,7-9,16H2,1H3,(H,17,18). The molecule has 1 aromatic rings. The summed E-state index contributed by atoms with van der Waals surface area (Å²) < 4.78 is 25.7. The van der Waals surface area contributed by atoms with Gasteiger partial charge in [-0.1, -0.05) is 37.3 Å². The third-order valence-corrected chi connectivity index (χ3v) is 2.70. The number of benzene rings is 1. The van der Waals surface area contributed by atoms with Gasteiger partial charge in [0, 0.05) is 6.42 Å². The van der Waals surface area contributed by atoms with E-state index in [9.17, 15) is 13.6 Å². The van der Waals surface area contributed by atoms with Crippen molar-refractivity contribution >= 4 is 5.91 Å². The summed E-state index contributed by atoms with van der Waals surface area (Å²) in [5.41, 5.74) is 5.90. The van der Waals surface area contributed by atoms with Crippen molar-refractivity contribution in [3.8, 4) is 0 Å². The highest BCUT2D eigenvalue weighted by atomic mass is 19.3. The molecule has 1 amide bonds. The Bertz CT molecular complexity index is 382. The maximum absolute atomic E-state index is 12.8. The van der Waals surface area contributed by atoms with E-state index in [0.717, 1.165) is 5.56 Å². The first kappa shape index (κ1) is 14.6. The van der Waals surface area contributed by atoms with Crippen molar-refractivity contribution in [2.75, 3.05) is 13.1 Å². The van der Waals surface area contributed by atoms with Crippen molar-refractivity contribution in [1.29, 1.82) is 0 Å². The lowest BCUT2D eigenvalue weighted by molar-refractivity contribution is -0.123. The van der Waals surface area contributed by atoms with Crippen LogP contribution < -0.4 is 11.1 Å². The zero-order chi connectivity index (χ0) is 13.6. The summed E-state index contributed by atoms with van der Waals surface area (Å²) >= 11 is 0. The topological polar surface area (TPSA) is 55.1 Å². The molecule has 0 saturated heterocycles. The Labute approximate surface area is 105 Å². The maximum atomic E-state index is 12.8. The third kappa shape index (κ3) is 4.79. The molecular formula is C13H18F2N2O. The van der Waals surface area contributed by atoms with Crippen molar-refractivity contribution in [2.45, 2.75) is 25.2 Å². The second-order valence-electron chi connectivity index (χ2n) is 4.35. The molecule has 0 fully saturated rings. The average Bonchev–Trinajstić information content (AvgIpc) is 2.37. The van der Waals surface area contributed by atoms with Crippen LogP contribution in [0.15, 0.2) is 30.3 Å². The Morgan fingerprint density at radius 3 is 2.56 bits per heavy atom. The van der Waals surface area contributed by atoms with E-state index in [-0.39, 0.29) is 18.2 Å². The lowest BCUT2D eigenvalue weighted by Gasteiger charge is -2.16. The predicted octanol–water partition coefficient (Wildman–Crippen LogP) is 1.89. The molecule has 1 atom stereocenters.